The van der Waals surface area contributed by atoms with Crippen molar-refractivity contribution < 1.29 is 29.4 Å². The van der Waals surface area contributed by atoms with Gasteiger partial charge in [-0.1, -0.05) is 50.3 Å². The number of hydroxylamine groups is 1. The molecular weight excluding hydrogens is 388 g/mol. The predicted octanol–water partition coefficient (Wildman–Crippen LogP) is 3.44. The van der Waals surface area contributed by atoms with Crippen LogP contribution in [0.3, 0.4) is 0 Å². The molecule has 0 spiro atoms. The van der Waals surface area contributed by atoms with E-state index in [2.05, 4.69) is 5.32 Å². The zero-order chi connectivity index (χ0) is 22.0. The predicted molar refractivity (Wildman–Crippen MR) is 111 cm³/mol. The lowest BCUT2D eigenvalue weighted by atomic mass is 9.82. The Balaban J connectivity index is 2.30. The number of rotatable bonds is 9. The topological polar surface area (TPSA) is 117 Å². The molecule has 2 aromatic carbocycles. The number of anilines is 1. The lowest BCUT2D eigenvalue weighted by Crippen LogP contribution is -2.28. The number of amides is 2. The number of para-hydroxylation sites is 1. The summed E-state index contributed by atoms with van der Waals surface area (Å²) in [7, 11) is 0. The van der Waals surface area contributed by atoms with Crippen LogP contribution in [0.25, 0.3) is 0 Å². The molecule has 0 heterocycles. The number of ether oxygens (including phenoxy) is 2. The van der Waals surface area contributed by atoms with Crippen molar-refractivity contribution in [3.63, 3.8) is 0 Å². The average Bonchev–Trinajstić information content (AvgIpc) is 2.75. The molecule has 2 rings (SSSR count). The molecule has 0 aliphatic heterocycles. The van der Waals surface area contributed by atoms with E-state index in [-0.39, 0.29) is 13.2 Å². The van der Waals surface area contributed by atoms with Gasteiger partial charge in [-0.15, -0.1) is 0 Å². The van der Waals surface area contributed by atoms with Crippen molar-refractivity contribution in [1.82, 2.24) is 5.48 Å². The molecule has 8 nitrogen and oxygen atoms in total. The summed E-state index contributed by atoms with van der Waals surface area (Å²) in [4.78, 5) is 24.0. The quantitative estimate of drug-likeness (QED) is 0.284. The summed E-state index contributed by atoms with van der Waals surface area (Å²) in [6.45, 7) is 3.57. The van der Waals surface area contributed by atoms with E-state index in [1.54, 1.807) is 68.5 Å². The van der Waals surface area contributed by atoms with E-state index in [1.165, 1.54) is 5.48 Å². The third-order valence-electron chi connectivity index (χ3n) is 4.22. The fourth-order valence-electron chi connectivity index (χ4n) is 2.77. The number of nitrogens with one attached hydrogen (secondary N) is 2. The fraction of sp³-hybridized carbons (Fsp3) is 0.273. The van der Waals surface area contributed by atoms with Gasteiger partial charge in [-0.05, 0) is 29.8 Å². The molecule has 4 N–H and O–H groups in total. The van der Waals surface area contributed by atoms with Crippen LogP contribution >= 0.6 is 0 Å². The van der Waals surface area contributed by atoms with Crippen LogP contribution in [0, 0.1) is 5.41 Å². The second-order valence-corrected chi connectivity index (χ2v) is 7.05. The molecule has 0 aliphatic carbocycles. The highest BCUT2D eigenvalue weighted by Crippen LogP contribution is 2.39. The van der Waals surface area contributed by atoms with Crippen molar-refractivity contribution in [2.45, 2.75) is 20.0 Å². The fourth-order valence-corrected chi connectivity index (χ4v) is 2.77. The number of aliphatic hydroxyl groups is 1. The maximum Gasteiger partial charge on any atom is 0.412 e. The number of hydrogen-bond acceptors (Lipinski definition) is 6. The van der Waals surface area contributed by atoms with Crippen LogP contribution in [0.2, 0.25) is 0 Å². The molecular formula is C22H26N2O6. The number of carbonyl (C=O) groups excluding carboxylic acids is 2. The van der Waals surface area contributed by atoms with Crippen molar-refractivity contribution in [1.29, 1.82) is 0 Å². The summed E-state index contributed by atoms with van der Waals surface area (Å²) in [6.07, 6.45) is 1.25. The SMILES string of the molecule is CC(C)(/C=C/C(=O)NO)[C@@H](OC(=O)Nc1ccccc1)c1cccc(OCCO)c1. The van der Waals surface area contributed by atoms with Crippen molar-refractivity contribution in [3.8, 4) is 5.75 Å². The lowest BCUT2D eigenvalue weighted by Gasteiger charge is -2.32. The second-order valence-electron chi connectivity index (χ2n) is 7.05. The first-order valence-corrected chi connectivity index (χ1v) is 9.35. The van der Waals surface area contributed by atoms with E-state index in [9.17, 15) is 9.59 Å². The summed E-state index contributed by atoms with van der Waals surface area (Å²) in [5.41, 5.74) is 1.92. The Labute approximate surface area is 175 Å². The van der Waals surface area contributed by atoms with Crippen LogP contribution in [-0.2, 0) is 9.53 Å². The molecule has 0 aromatic heterocycles. The largest absolute Gasteiger partial charge is 0.491 e. The van der Waals surface area contributed by atoms with Gasteiger partial charge in [0.05, 0.1) is 6.61 Å². The first-order valence-electron chi connectivity index (χ1n) is 9.35. The van der Waals surface area contributed by atoms with Gasteiger partial charge in [0, 0.05) is 17.2 Å². The molecule has 30 heavy (non-hydrogen) atoms. The number of benzene rings is 2. The molecule has 0 unspecified atom stereocenters. The molecule has 8 heteroatoms. The van der Waals surface area contributed by atoms with Crippen molar-refractivity contribution in [2.24, 2.45) is 5.41 Å². The summed E-state index contributed by atoms with van der Waals surface area (Å²) in [6, 6.07) is 15.8. The lowest BCUT2D eigenvalue weighted by molar-refractivity contribution is -0.124. The number of aliphatic hydroxyl groups excluding tert-OH is 1. The van der Waals surface area contributed by atoms with Crippen LogP contribution in [0.4, 0.5) is 10.5 Å². The molecule has 1 atom stereocenters. The minimum Gasteiger partial charge on any atom is -0.491 e. The van der Waals surface area contributed by atoms with Crippen LogP contribution in [0.5, 0.6) is 5.75 Å². The van der Waals surface area contributed by atoms with Gasteiger partial charge < -0.3 is 14.6 Å². The van der Waals surface area contributed by atoms with Gasteiger partial charge in [-0.3, -0.25) is 15.3 Å². The van der Waals surface area contributed by atoms with Crippen LogP contribution in [0.1, 0.15) is 25.5 Å². The van der Waals surface area contributed by atoms with Crippen LogP contribution < -0.4 is 15.5 Å². The van der Waals surface area contributed by atoms with E-state index in [4.69, 9.17) is 19.8 Å². The van der Waals surface area contributed by atoms with Gasteiger partial charge in [0.1, 0.15) is 18.5 Å². The minimum absolute atomic E-state index is 0.128. The highest BCUT2D eigenvalue weighted by molar-refractivity contribution is 5.86. The normalized spacial score (nSPS) is 12.3. The van der Waals surface area contributed by atoms with E-state index < -0.39 is 23.5 Å². The van der Waals surface area contributed by atoms with Gasteiger partial charge in [0.15, 0.2) is 0 Å². The van der Waals surface area contributed by atoms with E-state index in [1.807, 2.05) is 6.07 Å². The van der Waals surface area contributed by atoms with Crippen LogP contribution in [-0.4, -0.2) is 35.5 Å². The zero-order valence-corrected chi connectivity index (χ0v) is 16.9. The van der Waals surface area contributed by atoms with Gasteiger partial charge in [0.25, 0.3) is 5.91 Å². The van der Waals surface area contributed by atoms with Crippen LogP contribution in [0.15, 0.2) is 66.7 Å². The molecule has 0 fully saturated rings. The Hall–Kier alpha value is -3.36. The standard InChI is InChI=1S/C22H26N2O6/c1-22(2,12-11-19(26)24-28)20(16-7-6-10-18(15-16)29-14-13-25)30-21(27)23-17-8-4-3-5-9-17/h3-12,15,20,25,28H,13-14H2,1-2H3,(H,23,27)(H,24,26)/b12-11+/t20-/m0/s1. The molecule has 2 amide bonds. The second kappa shape index (κ2) is 11.0. The van der Waals surface area contributed by atoms with Gasteiger partial charge in [0.2, 0.25) is 0 Å². The molecule has 0 aliphatic rings. The Morgan fingerprint density at radius 3 is 2.53 bits per heavy atom. The maximum atomic E-state index is 12.6. The first kappa shape index (κ1) is 22.9. The molecule has 0 saturated carbocycles. The van der Waals surface area contributed by atoms with E-state index in [0.717, 1.165) is 6.08 Å². The van der Waals surface area contributed by atoms with Crippen molar-refractivity contribution in [2.75, 3.05) is 18.5 Å². The molecule has 0 bridgehead atoms. The molecule has 160 valence electrons. The van der Waals surface area contributed by atoms with Gasteiger partial charge in [-0.2, -0.15) is 0 Å². The number of carbonyl (C=O) groups is 2. The van der Waals surface area contributed by atoms with Gasteiger partial charge in [-0.25, -0.2) is 10.3 Å². The Morgan fingerprint density at radius 1 is 1.13 bits per heavy atom. The summed E-state index contributed by atoms with van der Waals surface area (Å²) in [5, 5.41) is 20.4. The molecule has 0 saturated heterocycles. The minimum atomic E-state index is -0.823. The van der Waals surface area contributed by atoms with Crippen molar-refractivity contribution in [3.05, 3.63) is 72.3 Å². The first-order chi connectivity index (χ1) is 14.4. The third kappa shape index (κ3) is 6.91. The Morgan fingerprint density at radius 2 is 1.87 bits per heavy atom. The summed E-state index contributed by atoms with van der Waals surface area (Å²) >= 11 is 0. The highest BCUT2D eigenvalue weighted by atomic mass is 16.6. The van der Waals surface area contributed by atoms with E-state index >= 15 is 0 Å². The average molecular weight is 414 g/mol. The molecule has 0 radical (unpaired) electrons. The zero-order valence-electron chi connectivity index (χ0n) is 16.9. The number of hydrogen-bond donors (Lipinski definition) is 4. The van der Waals surface area contributed by atoms with Gasteiger partial charge >= 0.3 is 6.09 Å². The Kier molecular flexibility index (Phi) is 8.40. The maximum absolute atomic E-state index is 12.6. The smallest absolute Gasteiger partial charge is 0.412 e. The van der Waals surface area contributed by atoms with Crippen molar-refractivity contribution >= 4 is 17.7 Å². The summed E-state index contributed by atoms with van der Waals surface area (Å²) < 4.78 is 11.2. The molecule has 2 aromatic rings. The highest BCUT2D eigenvalue weighted by Gasteiger charge is 2.33. The summed E-state index contributed by atoms with van der Waals surface area (Å²) in [5.74, 6) is -0.193. The Bertz CT molecular complexity index is 867. The van der Waals surface area contributed by atoms with E-state index in [0.29, 0.717) is 17.0 Å². The third-order valence-corrected chi connectivity index (χ3v) is 4.22. The monoisotopic (exact) mass is 414 g/mol.